The number of methoxy groups -OCH3 is 1. The number of carbonyl (C=O) groups is 2. The number of carbonyl (C=O) groups excluding carboxylic acids is 2. The quantitative estimate of drug-likeness (QED) is 0.0800. The lowest BCUT2D eigenvalue weighted by Crippen LogP contribution is -2.27. The number of hydrogen-bond donors (Lipinski definition) is 0. The Labute approximate surface area is 260 Å². The summed E-state index contributed by atoms with van der Waals surface area (Å²) < 4.78 is 28.4. The summed E-state index contributed by atoms with van der Waals surface area (Å²) in [5, 5.41) is 0. The van der Waals surface area contributed by atoms with Crippen molar-refractivity contribution in [2.75, 3.05) is 26.9 Å². The van der Waals surface area contributed by atoms with E-state index in [-0.39, 0.29) is 12.2 Å². The van der Waals surface area contributed by atoms with Crippen LogP contribution in [0.2, 0.25) is 0 Å². The van der Waals surface area contributed by atoms with E-state index in [9.17, 15) is 9.59 Å². The third-order valence-corrected chi connectivity index (χ3v) is 7.47. The van der Waals surface area contributed by atoms with Crippen LogP contribution in [0.4, 0.5) is 0 Å². The van der Waals surface area contributed by atoms with Gasteiger partial charge in [0.1, 0.15) is 11.5 Å². The molecule has 0 unspecified atom stereocenters. The van der Waals surface area contributed by atoms with Gasteiger partial charge in [-0.1, -0.05) is 82.2 Å². The Bertz CT molecular complexity index is 1430. The zero-order chi connectivity index (χ0) is 31.5. The van der Waals surface area contributed by atoms with Gasteiger partial charge in [-0.2, -0.15) is 0 Å². The summed E-state index contributed by atoms with van der Waals surface area (Å²) >= 11 is 0. The highest BCUT2D eigenvalue weighted by molar-refractivity contribution is 5.90. The molecule has 0 bridgehead atoms. The molecule has 1 fully saturated rings. The highest BCUT2D eigenvalue weighted by atomic mass is 16.7. The zero-order valence-electron chi connectivity index (χ0n) is 25.9. The van der Waals surface area contributed by atoms with E-state index in [0.717, 1.165) is 34.2 Å². The highest BCUT2D eigenvalue weighted by Crippen LogP contribution is 2.38. The molecule has 1 aliphatic heterocycles. The van der Waals surface area contributed by atoms with Crippen LogP contribution in [0.25, 0.3) is 22.3 Å². The number of rotatable bonds is 14. The Kier molecular flexibility index (Phi) is 12.1. The maximum absolute atomic E-state index is 12.3. The van der Waals surface area contributed by atoms with E-state index in [0.29, 0.717) is 36.2 Å². The second-order valence-corrected chi connectivity index (χ2v) is 11.2. The Morgan fingerprint density at radius 2 is 1.39 bits per heavy atom. The monoisotopic (exact) mass is 598 g/mol. The molecule has 1 heterocycles. The minimum absolute atomic E-state index is 0.107. The summed E-state index contributed by atoms with van der Waals surface area (Å²) in [6, 6.07) is 20.8. The first-order chi connectivity index (χ1) is 21.3. The molecule has 0 spiro atoms. The maximum atomic E-state index is 12.3. The van der Waals surface area contributed by atoms with Crippen LogP contribution in [0, 0.1) is 5.92 Å². The number of hydrogen-bond acceptors (Lipinski definition) is 7. The minimum Gasteiger partial charge on any atom is -0.423 e. The standard InChI is InChI=1S/C37H42O7/c1-6-7-8-9-10-27-23-41-37(42-24-27)34-21-30(28-11-16-31(17-12-28)43-35(38)25(2)3)15-20-33(34)29-13-18-32(19-14-29)44-36(39)26(4)22-40-5/h11-21,27,37H,2,4,6-10,22-24H2,1,3,5H3. The van der Waals surface area contributed by atoms with Gasteiger partial charge in [0.05, 0.1) is 25.4 Å². The van der Waals surface area contributed by atoms with Crippen LogP contribution in [0.3, 0.4) is 0 Å². The minimum atomic E-state index is -0.529. The maximum Gasteiger partial charge on any atom is 0.341 e. The van der Waals surface area contributed by atoms with Gasteiger partial charge in [-0.05, 0) is 65.9 Å². The Morgan fingerprint density at radius 3 is 1.98 bits per heavy atom. The molecule has 0 amide bonds. The van der Waals surface area contributed by atoms with Gasteiger partial charge in [0.2, 0.25) is 0 Å². The first-order valence-electron chi connectivity index (χ1n) is 15.1. The molecule has 0 atom stereocenters. The van der Waals surface area contributed by atoms with Crippen molar-refractivity contribution in [3.8, 4) is 33.8 Å². The largest absolute Gasteiger partial charge is 0.423 e. The SMILES string of the molecule is C=C(C)C(=O)Oc1ccc(-c2ccc(-c3ccc(OC(=O)C(=C)COC)cc3)c(C3OCC(CCCCCC)CO3)c2)cc1. The molecule has 1 saturated heterocycles. The third-order valence-electron chi connectivity index (χ3n) is 7.47. The molecule has 1 aliphatic rings. The molecular formula is C37H42O7. The first kappa shape index (κ1) is 32.9. The van der Waals surface area contributed by atoms with Crippen LogP contribution in [0.5, 0.6) is 11.5 Å². The van der Waals surface area contributed by atoms with E-state index in [1.165, 1.54) is 32.8 Å². The van der Waals surface area contributed by atoms with Crippen molar-refractivity contribution in [2.24, 2.45) is 5.92 Å². The van der Waals surface area contributed by atoms with Crippen molar-refractivity contribution < 1.29 is 33.3 Å². The van der Waals surface area contributed by atoms with Gasteiger partial charge in [0.15, 0.2) is 6.29 Å². The Balaban J connectivity index is 1.57. The van der Waals surface area contributed by atoms with Crippen molar-refractivity contribution in [3.63, 3.8) is 0 Å². The fourth-order valence-electron chi connectivity index (χ4n) is 4.97. The van der Waals surface area contributed by atoms with Crippen LogP contribution < -0.4 is 9.47 Å². The van der Waals surface area contributed by atoms with E-state index in [1.54, 1.807) is 31.2 Å². The molecule has 232 valence electrons. The summed E-state index contributed by atoms with van der Waals surface area (Å²) in [6.45, 7) is 12.6. The van der Waals surface area contributed by atoms with Crippen molar-refractivity contribution >= 4 is 11.9 Å². The van der Waals surface area contributed by atoms with Crippen LogP contribution >= 0.6 is 0 Å². The van der Waals surface area contributed by atoms with Gasteiger partial charge >= 0.3 is 11.9 Å². The van der Waals surface area contributed by atoms with Gasteiger partial charge in [0.25, 0.3) is 0 Å². The molecule has 7 heteroatoms. The average molecular weight is 599 g/mol. The van der Waals surface area contributed by atoms with Gasteiger partial charge in [-0.15, -0.1) is 0 Å². The molecule has 7 nitrogen and oxygen atoms in total. The zero-order valence-corrected chi connectivity index (χ0v) is 25.9. The number of benzene rings is 3. The summed E-state index contributed by atoms with van der Waals surface area (Å²) in [4.78, 5) is 24.2. The van der Waals surface area contributed by atoms with Crippen LogP contribution in [-0.4, -0.2) is 38.9 Å². The Hall–Kier alpha value is -4.04. The molecule has 0 N–H and O–H groups in total. The molecule has 0 aliphatic carbocycles. The summed E-state index contributed by atoms with van der Waals surface area (Å²) in [6.07, 6.45) is 5.46. The lowest BCUT2D eigenvalue weighted by atomic mass is 9.94. The van der Waals surface area contributed by atoms with Gasteiger partial charge in [-0.3, -0.25) is 0 Å². The molecule has 3 aromatic carbocycles. The normalized spacial score (nSPS) is 16.2. The fraction of sp³-hybridized carbons (Fsp3) is 0.351. The van der Waals surface area contributed by atoms with Gasteiger partial charge in [0, 0.05) is 24.2 Å². The second kappa shape index (κ2) is 16.1. The first-order valence-corrected chi connectivity index (χ1v) is 15.1. The second-order valence-electron chi connectivity index (χ2n) is 11.2. The number of esters is 2. The van der Waals surface area contributed by atoms with Crippen molar-refractivity contribution in [2.45, 2.75) is 52.2 Å². The van der Waals surface area contributed by atoms with Crippen LogP contribution in [0.15, 0.2) is 91.0 Å². The summed E-state index contributed by atoms with van der Waals surface area (Å²) in [5.74, 6) is 0.261. The molecule has 0 aromatic heterocycles. The van der Waals surface area contributed by atoms with E-state index >= 15 is 0 Å². The summed E-state index contributed by atoms with van der Waals surface area (Å²) in [7, 11) is 1.50. The van der Waals surface area contributed by atoms with Crippen molar-refractivity contribution in [1.29, 1.82) is 0 Å². The smallest absolute Gasteiger partial charge is 0.341 e. The Morgan fingerprint density at radius 1 is 0.795 bits per heavy atom. The van der Waals surface area contributed by atoms with Gasteiger partial charge < -0.3 is 23.7 Å². The van der Waals surface area contributed by atoms with Crippen molar-refractivity contribution in [1.82, 2.24) is 0 Å². The van der Waals surface area contributed by atoms with E-state index in [4.69, 9.17) is 23.7 Å². The summed E-state index contributed by atoms with van der Waals surface area (Å²) in [5.41, 5.74) is 5.29. The van der Waals surface area contributed by atoms with E-state index < -0.39 is 18.2 Å². The van der Waals surface area contributed by atoms with E-state index in [1.807, 2.05) is 36.4 Å². The lowest BCUT2D eigenvalue weighted by molar-refractivity contribution is -0.205. The van der Waals surface area contributed by atoms with Crippen LogP contribution in [0.1, 0.15) is 57.8 Å². The number of ether oxygens (including phenoxy) is 5. The molecule has 4 rings (SSSR count). The highest BCUT2D eigenvalue weighted by Gasteiger charge is 2.26. The molecule has 3 aromatic rings. The molecular weight excluding hydrogens is 556 g/mol. The predicted molar refractivity (Wildman–Crippen MR) is 171 cm³/mol. The number of unbranched alkanes of at least 4 members (excludes halogenated alkanes) is 3. The van der Waals surface area contributed by atoms with Crippen LogP contribution in [-0.2, 0) is 23.8 Å². The fourth-order valence-corrected chi connectivity index (χ4v) is 4.97. The molecule has 0 radical (unpaired) electrons. The predicted octanol–water partition coefficient (Wildman–Crippen LogP) is 8.24. The topological polar surface area (TPSA) is 80.3 Å². The van der Waals surface area contributed by atoms with Crippen molar-refractivity contribution in [3.05, 3.63) is 96.6 Å². The molecule has 44 heavy (non-hydrogen) atoms. The van der Waals surface area contributed by atoms with Gasteiger partial charge in [-0.25, -0.2) is 9.59 Å². The van der Waals surface area contributed by atoms with E-state index in [2.05, 4.69) is 26.1 Å². The average Bonchev–Trinajstić information content (AvgIpc) is 3.04. The third kappa shape index (κ3) is 8.99. The lowest BCUT2D eigenvalue weighted by Gasteiger charge is -2.31. The molecule has 0 saturated carbocycles.